The Hall–Kier alpha value is -0.380. The Morgan fingerprint density at radius 3 is 2.48 bits per heavy atom. The summed E-state index contributed by atoms with van der Waals surface area (Å²) < 4.78 is 18.2. The lowest BCUT2D eigenvalue weighted by atomic mass is 9.61. The lowest BCUT2D eigenvalue weighted by molar-refractivity contribution is -0.163. The molecule has 1 aliphatic heterocycles. The zero-order chi connectivity index (χ0) is 17.3. The van der Waals surface area contributed by atoms with Crippen molar-refractivity contribution in [1.82, 2.24) is 0 Å². The average Bonchev–Trinajstić information content (AvgIpc) is 3.19. The van der Waals surface area contributed by atoms with Crippen LogP contribution < -0.4 is 0 Å². The topological polar surface area (TPSA) is 31.0 Å². The highest BCUT2D eigenvalue weighted by atomic mass is 16.6. The molecule has 3 nitrogen and oxygen atoms in total. The summed E-state index contributed by atoms with van der Waals surface area (Å²) in [5.74, 6) is 0.392. The van der Waals surface area contributed by atoms with Gasteiger partial charge in [0.05, 0.1) is 30.5 Å². The smallest absolute Gasteiger partial charge is 0.0976 e. The van der Waals surface area contributed by atoms with Gasteiger partial charge in [-0.25, -0.2) is 0 Å². The first-order valence-corrected chi connectivity index (χ1v) is 9.17. The molecule has 0 aromatic heterocycles. The molecule has 134 valence electrons. The van der Waals surface area contributed by atoms with Crippen LogP contribution in [0, 0.1) is 11.3 Å². The van der Waals surface area contributed by atoms with Crippen LogP contribution >= 0.6 is 0 Å². The molecule has 4 atom stereocenters. The largest absolute Gasteiger partial charge is 0.378 e. The van der Waals surface area contributed by atoms with Crippen LogP contribution in [0.4, 0.5) is 0 Å². The van der Waals surface area contributed by atoms with Crippen molar-refractivity contribution in [1.29, 1.82) is 0 Å². The number of epoxide rings is 1. The van der Waals surface area contributed by atoms with Crippen LogP contribution in [0.15, 0.2) is 11.6 Å². The highest BCUT2D eigenvalue weighted by Gasteiger charge is 2.62. The molecule has 1 spiro atoms. The predicted molar refractivity (Wildman–Crippen MR) is 94.7 cm³/mol. The SMILES string of the molecule is COC1C(OC(C)C)CC[C@]2(CO2)C1C(C)(C)CCC=C(C)C. The van der Waals surface area contributed by atoms with Crippen LogP contribution in [-0.2, 0) is 14.2 Å². The number of ether oxygens (including phenoxy) is 3. The van der Waals surface area contributed by atoms with Gasteiger partial charge in [0.2, 0.25) is 0 Å². The van der Waals surface area contributed by atoms with Crippen LogP contribution in [0.5, 0.6) is 0 Å². The van der Waals surface area contributed by atoms with Crippen LogP contribution in [0.1, 0.15) is 67.2 Å². The molecule has 2 aliphatic rings. The molecule has 23 heavy (non-hydrogen) atoms. The molecular formula is C20H36O3. The number of methoxy groups -OCH3 is 1. The number of hydrogen-bond donors (Lipinski definition) is 0. The first-order valence-electron chi connectivity index (χ1n) is 9.17. The summed E-state index contributed by atoms with van der Waals surface area (Å²) in [6, 6.07) is 0. The van der Waals surface area contributed by atoms with Gasteiger partial charge in [-0.1, -0.05) is 25.5 Å². The van der Waals surface area contributed by atoms with E-state index in [1.807, 2.05) is 7.11 Å². The van der Waals surface area contributed by atoms with E-state index in [0.29, 0.717) is 5.92 Å². The summed E-state index contributed by atoms with van der Waals surface area (Å²) in [5, 5.41) is 0. The normalized spacial score (nSPS) is 34.0. The first-order chi connectivity index (χ1) is 10.7. The molecule has 3 heteroatoms. The molecule has 0 amide bonds. The van der Waals surface area contributed by atoms with Crippen molar-refractivity contribution in [2.24, 2.45) is 11.3 Å². The third-order valence-corrected chi connectivity index (χ3v) is 5.53. The molecule has 0 aromatic carbocycles. The second-order valence-corrected chi connectivity index (χ2v) is 8.60. The van der Waals surface area contributed by atoms with E-state index >= 15 is 0 Å². The van der Waals surface area contributed by atoms with E-state index in [0.717, 1.165) is 32.3 Å². The summed E-state index contributed by atoms with van der Waals surface area (Å²) in [4.78, 5) is 0. The Labute approximate surface area is 142 Å². The van der Waals surface area contributed by atoms with Crippen molar-refractivity contribution >= 4 is 0 Å². The Morgan fingerprint density at radius 2 is 2.00 bits per heavy atom. The van der Waals surface area contributed by atoms with E-state index in [2.05, 4.69) is 47.6 Å². The fraction of sp³-hybridized carbons (Fsp3) is 0.900. The molecule has 1 saturated heterocycles. The van der Waals surface area contributed by atoms with Gasteiger partial charge in [-0.05, 0) is 58.8 Å². The van der Waals surface area contributed by atoms with Crippen molar-refractivity contribution in [3.05, 3.63) is 11.6 Å². The number of hydrogen-bond acceptors (Lipinski definition) is 3. The first kappa shape index (κ1) is 19.0. The molecule has 2 fully saturated rings. The summed E-state index contributed by atoms with van der Waals surface area (Å²) in [5.41, 5.74) is 1.60. The van der Waals surface area contributed by atoms with Crippen molar-refractivity contribution in [3.63, 3.8) is 0 Å². The van der Waals surface area contributed by atoms with Crippen molar-refractivity contribution in [3.8, 4) is 0 Å². The molecule has 1 saturated carbocycles. The molecule has 0 aromatic rings. The van der Waals surface area contributed by atoms with E-state index < -0.39 is 0 Å². The predicted octanol–water partition coefficient (Wildman–Crippen LogP) is 4.75. The molecular weight excluding hydrogens is 288 g/mol. The monoisotopic (exact) mass is 324 g/mol. The quantitative estimate of drug-likeness (QED) is 0.500. The molecule has 0 radical (unpaired) electrons. The molecule has 0 N–H and O–H groups in total. The lowest BCUT2D eigenvalue weighted by Gasteiger charge is -2.48. The van der Waals surface area contributed by atoms with E-state index in [9.17, 15) is 0 Å². The average molecular weight is 325 g/mol. The van der Waals surface area contributed by atoms with E-state index in [4.69, 9.17) is 14.2 Å². The fourth-order valence-electron chi connectivity index (χ4n) is 4.47. The lowest BCUT2D eigenvalue weighted by Crippen LogP contribution is -2.55. The minimum atomic E-state index is 0.0337. The van der Waals surface area contributed by atoms with Gasteiger partial charge in [-0.2, -0.15) is 0 Å². The summed E-state index contributed by atoms with van der Waals surface area (Å²) in [7, 11) is 1.84. The molecule has 3 unspecified atom stereocenters. The van der Waals surface area contributed by atoms with Crippen molar-refractivity contribution in [2.75, 3.05) is 13.7 Å². The number of allylic oxidation sites excluding steroid dienone is 2. The van der Waals surface area contributed by atoms with Crippen LogP contribution in [-0.4, -0.2) is 37.6 Å². The number of rotatable bonds is 7. The minimum Gasteiger partial charge on any atom is -0.378 e. The maximum absolute atomic E-state index is 6.19. The van der Waals surface area contributed by atoms with E-state index in [1.165, 1.54) is 5.57 Å². The van der Waals surface area contributed by atoms with Crippen molar-refractivity contribution < 1.29 is 14.2 Å². The van der Waals surface area contributed by atoms with Gasteiger partial charge in [-0.15, -0.1) is 0 Å². The third-order valence-electron chi connectivity index (χ3n) is 5.53. The summed E-state index contributed by atoms with van der Waals surface area (Å²) in [6.07, 6.45) is 7.29. The zero-order valence-electron chi connectivity index (χ0n) is 16.1. The second kappa shape index (κ2) is 7.25. The van der Waals surface area contributed by atoms with Gasteiger partial charge in [0.25, 0.3) is 0 Å². The van der Waals surface area contributed by atoms with Crippen LogP contribution in [0.2, 0.25) is 0 Å². The zero-order valence-corrected chi connectivity index (χ0v) is 16.1. The minimum absolute atomic E-state index is 0.0337. The molecule has 1 aliphatic carbocycles. The van der Waals surface area contributed by atoms with E-state index in [1.54, 1.807) is 0 Å². The Bertz CT molecular complexity index is 417. The van der Waals surface area contributed by atoms with Gasteiger partial charge in [-0.3, -0.25) is 0 Å². The summed E-state index contributed by atoms with van der Waals surface area (Å²) >= 11 is 0. The maximum atomic E-state index is 6.19. The van der Waals surface area contributed by atoms with Gasteiger partial charge in [0.15, 0.2) is 0 Å². The molecule has 1 heterocycles. The standard InChI is InChI=1S/C20H36O3/c1-14(2)9-8-11-19(5,6)18-17(21-7)16(23-15(3)4)10-12-20(18)13-22-20/h9,15-18H,8,10-13H2,1-7H3/t16?,17?,18?,20-/m0/s1. The van der Waals surface area contributed by atoms with E-state index in [-0.39, 0.29) is 29.3 Å². The van der Waals surface area contributed by atoms with Crippen LogP contribution in [0.3, 0.4) is 0 Å². The van der Waals surface area contributed by atoms with Gasteiger partial charge >= 0.3 is 0 Å². The maximum Gasteiger partial charge on any atom is 0.0976 e. The van der Waals surface area contributed by atoms with Gasteiger partial charge < -0.3 is 14.2 Å². The second-order valence-electron chi connectivity index (χ2n) is 8.60. The summed E-state index contributed by atoms with van der Waals surface area (Å²) in [6.45, 7) is 14.2. The highest BCUT2D eigenvalue weighted by molar-refractivity contribution is 5.11. The highest BCUT2D eigenvalue weighted by Crippen LogP contribution is 2.55. The van der Waals surface area contributed by atoms with Gasteiger partial charge in [0, 0.05) is 13.0 Å². The Morgan fingerprint density at radius 1 is 1.35 bits per heavy atom. The van der Waals surface area contributed by atoms with Crippen LogP contribution in [0.25, 0.3) is 0 Å². The molecule has 0 bridgehead atoms. The third kappa shape index (κ3) is 4.37. The molecule has 2 rings (SSSR count). The Kier molecular flexibility index (Phi) is 5.97. The van der Waals surface area contributed by atoms with Crippen molar-refractivity contribution in [2.45, 2.75) is 91.1 Å². The Balaban J connectivity index is 2.17. The fourth-order valence-corrected chi connectivity index (χ4v) is 4.47. The van der Waals surface area contributed by atoms with Gasteiger partial charge in [0.1, 0.15) is 0 Å².